The number of aromatic nitrogens is 4. The van der Waals surface area contributed by atoms with E-state index in [1.165, 1.54) is 6.33 Å². The molecular weight excluding hydrogens is 226 g/mol. The van der Waals surface area contributed by atoms with Gasteiger partial charge in [0.1, 0.15) is 12.1 Å². The lowest BCUT2D eigenvalue weighted by Crippen LogP contribution is -1.92. The SMILES string of the molecule is CC.Nc1ncnc2n[nH]c(-c3ccccc3)c12. The Balaban J connectivity index is 0.000000574. The molecule has 3 N–H and O–H groups in total. The number of H-pyrrole nitrogens is 1. The number of rotatable bonds is 1. The van der Waals surface area contributed by atoms with E-state index in [-0.39, 0.29) is 0 Å². The smallest absolute Gasteiger partial charge is 0.186 e. The second-order valence-electron chi connectivity index (χ2n) is 3.42. The Labute approximate surface area is 105 Å². The van der Waals surface area contributed by atoms with Gasteiger partial charge in [-0.2, -0.15) is 5.10 Å². The average molecular weight is 241 g/mol. The van der Waals surface area contributed by atoms with Crippen LogP contribution < -0.4 is 5.73 Å². The van der Waals surface area contributed by atoms with E-state index in [0.717, 1.165) is 16.6 Å². The number of nitrogens with zero attached hydrogens (tertiary/aromatic N) is 3. The van der Waals surface area contributed by atoms with Crippen molar-refractivity contribution < 1.29 is 0 Å². The lowest BCUT2D eigenvalue weighted by Gasteiger charge is -1.99. The molecule has 0 aliphatic rings. The van der Waals surface area contributed by atoms with Gasteiger partial charge in [-0.05, 0) is 0 Å². The number of benzene rings is 1. The molecule has 0 unspecified atom stereocenters. The van der Waals surface area contributed by atoms with E-state index in [0.29, 0.717) is 11.5 Å². The summed E-state index contributed by atoms with van der Waals surface area (Å²) in [5.41, 5.74) is 8.29. The van der Waals surface area contributed by atoms with Crippen LogP contribution in [0, 0.1) is 0 Å². The predicted octanol–water partition coefficient (Wildman–Crippen LogP) is 2.63. The average Bonchev–Trinajstić information content (AvgIpc) is 2.87. The molecule has 0 fully saturated rings. The molecule has 0 aliphatic heterocycles. The summed E-state index contributed by atoms with van der Waals surface area (Å²) in [7, 11) is 0. The highest BCUT2D eigenvalue weighted by atomic mass is 15.2. The van der Waals surface area contributed by atoms with Crippen LogP contribution in [0.25, 0.3) is 22.3 Å². The second kappa shape index (κ2) is 5.27. The van der Waals surface area contributed by atoms with Gasteiger partial charge >= 0.3 is 0 Å². The van der Waals surface area contributed by atoms with Gasteiger partial charge in [-0.15, -0.1) is 0 Å². The van der Waals surface area contributed by atoms with Crippen LogP contribution in [-0.4, -0.2) is 20.2 Å². The highest BCUT2D eigenvalue weighted by Crippen LogP contribution is 2.27. The number of hydrogen-bond donors (Lipinski definition) is 2. The zero-order valence-corrected chi connectivity index (χ0v) is 10.4. The number of nitrogens with two attached hydrogens (primary N) is 1. The molecule has 3 aromatic rings. The summed E-state index contributed by atoms with van der Waals surface area (Å²) in [6.07, 6.45) is 1.41. The number of hydrogen-bond acceptors (Lipinski definition) is 4. The fourth-order valence-corrected chi connectivity index (χ4v) is 1.69. The predicted molar refractivity (Wildman–Crippen MR) is 72.9 cm³/mol. The van der Waals surface area contributed by atoms with Gasteiger partial charge < -0.3 is 5.73 Å². The Kier molecular flexibility index (Phi) is 3.52. The van der Waals surface area contributed by atoms with Crippen LogP contribution in [0.3, 0.4) is 0 Å². The minimum atomic E-state index is 0.442. The maximum atomic E-state index is 5.83. The van der Waals surface area contributed by atoms with Crippen molar-refractivity contribution in [3.05, 3.63) is 36.7 Å². The fourth-order valence-electron chi connectivity index (χ4n) is 1.69. The number of aromatic amines is 1. The van der Waals surface area contributed by atoms with Crippen LogP contribution in [0.2, 0.25) is 0 Å². The lowest BCUT2D eigenvalue weighted by molar-refractivity contribution is 1.09. The summed E-state index contributed by atoms with van der Waals surface area (Å²) in [5.74, 6) is 0.442. The third-order valence-electron chi connectivity index (χ3n) is 2.44. The Bertz CT molecular complexity index is 630. The van der Waals surface area contributed by atoms with Crippen molar-refractivity contribution in [2.24, 2.45) is 0 Å². The van der Waals surface area contributed by atoms with Crippen LogP contribution in [0.1, 0.15) is 13.8 Å². The van der Waals surface area contributed by atoms with E-state index in [2.05, 4.69) is 20.2 Å². The van der Waals surface area contributed by atoms with Gasteiger partial charge in [0, 0.05) is 5.56 Å². The van der Waals surface area contributed by atoms with Crippen molar-refractivity contribution in [3.8, 4) is 11.3 Å². The standard InChI is InChI=1S/C11H9N5.C2H6/c12-10-8-9(7-4-2-1-3-5-7)15-16-11(8)14-6-13-10;1-2/h1-6H,(H3,12,13,14,15,16);1-2H3. The highest BCUT2D eigenvalue weighted by Gasteiger charge is 2.11. The molecule has 0 spiro atoms. The monoisotopic (exact) mass is 241 g/mol. The molecule has 5 heteroatoms. The molecule has 0 amide bonds. The number of nitrogen functional groups attached to an aromatic ring is 1. The molecule has 3 rings (SSSR count). The fraction of sp³-hybridized carbons (Fsp3) is 0.154. The van der Waals surface area contributed by atoms with E-state index in [4.69, 9.17) is 5.73 Å². The summed E-state index contributed by atoms with van der Waals surface area (Å²) >= 11 is 0. The maximum absolute atomic E-state index is 5.83. The quantitative estimate of drug-likeness (QED) is 0.686. The van der Waals surface area contributed by atoms with E-state index in [1.807, 2.05) is 44.2 Å². The molecule has 0 saturated heterocycles. The van der Waals surface area contributed by atoms with Gasteiger partial charge in [0.05, 0.1) is 11.1 Å². The molecule has 0 radical (unpaired) electrons. The number of nitrogens with one attached hydrogen (secondary N) is 1. The highest BCUT2D eigenvalue weighted by molar-refractivity contribution is 5.97. The molecule has 0 atom stereocenters. The zero-order chi connectivity index (χ0) is 13.0. The molecule has 0 bridgehead atoms. The maximum Gasteiger partial charge on any atom is 0.186 e. The second-order valence-corrected chi connectivity index (χ2v) is 3.42. The lowest BCUT2D eigenvalue weighted by atomic mass is 10.1. The zero-order valence-electron chi connectivity index (χ0n) is 10.4. The first-order valence-electron chi connectivity index (χ1n) is 5.86. The molecular formula is C13H15N5. The summed E-state index contributed by atoms with van der Waals surface area (Å²) in [4.78, 5) is 8.03. The topological polar surface area (TPSA) is 80.5 Å². The van der Waals surface area contributed by atoms with Gasteiger partial charge in [0.15, 0.2) is 5.65 Å². The van der Waals surface area contributed by atoms with E-state index >= 15 is 0 Å². The van der Waals surface area contributed by atoms with Crippen LogP contribution in [-0.2, 0) is 0 Å². The van der Waals surface area contributed by atoms with Crippen molar-refractivity contribution in [2.75, 3.05) is 5.73 Å². The number of fused-ring (bicyclic) bond motifs is 1. The van der Waals surface area contributed by atoms with Gasteiger partial charge in [-0.25, -0.2) is 9.97 Å². The third-order valence-corrected chi connectivity index (χ3v) is 2.44. The van der Waals surface area contributed by atoms with Crippen molar-refractivity contribution >= 4 is 16.9 Å². The van der Waals surface area contributed by atoms with Crippen molar-refractivity contribution in [1.29, 1.82) is 0 Å². The van der Waals surface area contributed by atoms with Gasteiger partial charge in [-0.1, -0.05) is 44.2 Å². The van der Waals surface area contributed by atoms with E-state index in [9.17, 15) is 0 Å². The molecule has 2 heterocycles. The Morgan fingerprint density at radius 3 is 2.50 bits per heavy atom. The first-order valence-corrected chi connectivity index (χ1v) is 5.86. The summed E-state index contributed by atoms with van der Waals surface area (Å²) in [6.45, 7) is 4.00. The van der Waals surface area contributed by atoms with Crippen LogP contribution in [0.4, 0.5) is 5.82 Å². The van der Waals surface area contributed by atoms with Gasteiger partial charge in [-0.3, -0.25) is 5.10 Å². The van der Waals surface area contributed by atoms with Crippen LogP contribution in [0.5, 0.6) is 0 Å². The molecule has 0 aliphatic carbocycles. The first kappa shape index (κ1) is 12.0. The minimum Gasteiger partial charge on any atom is -0.383 e. The van der Waals surface area contributed by atoms with Crippen molar-refractivity contribution in [2.45, 2.75) is 13.8 Å². The van der Waals surface area contributed by atoms with Crippen LogP contribution >= 0.6 is 0 Å². The Morgan fingerprint density at radius 2 is 1.78 bits per heavy atom. The molecule has 0 saturated carbocycles. The van der Waals surface area contributed by atoms with Gasteiger partial charge in [0.25, 0.3) is 0 Å². The van der Waals surface area contributed by atoms with Gasteiger partial charge in [0.2, 0.25) is 0 Å². The van der Waals surface area contributed by atoms with E-state index < -0.39 is 0 Å². The van der Waals surface area contributed by atoms with Crippen LogP contribution in [0.15, 0.2) is 36.7 Å². The Hall–Kier alpha value is -2.43. The van der Waals surface area contributed by atoms with Crippen molar-refractivity contribution in [1.82, 2.24) is 20.2 Å². The summed E-state index contributed by atoms with van der Waals surface area (Å²) < 4.78 is 0. The molecule has 18 heavy (non-hydrogen) atoms. The summed E-state index contributed by atoms with van der Waals surface area (Å²) in [6, 6.07) is 9.85. The number of anilines is 1. The minimum absolute atomic E-state index is 0.442. The molecule has 5 nitrogen and oxygen atoms in total. The molecule has 1 aromatic carbocycles. The Morgan fingerprint density at radius 1 is 1.06 bits per heavy atom. The molecule has 2 aromatic heterocycles. The molecule has 92 valence electrons. The largest absolute Gasteiger partial charge is 0.383 e. The third kappa shape index (κ3) is 2.02. The van der Waals surface area contributed by atoms with E-state index in [1.54, 1.807) is 0 Å². The summed E-state index contributed by atoms with van der Waals surface area (Å²) in [5, 5.41) is 7.81. The van der Waals surface area contributed by atoms with Crippen molar-refractivity contribution in [3.63, 3.8) is 0 Å². The first-order chi connectivity index (χ1) is 8.86. The normalized spacial score (nSPS) is 9.89.